The molecule has 3 aliphatic heterocycles. The molecular weight excluding hydrogens is 447 g/mol. The molecule has 7 heteroatoms. The summed E-state index contributed by atoms with van der Waals surface area (Å²) in [5.74, 6) is 3.54. The molecule has 25 heavy (non-hydrogen) atoms. The van der Waals surface area contributed by atoms with Crippen molar-refractivity contribution in [1.82, 2.24) is 15.1 Å². The maximum Gasteiger partial charge on any atom is 0.194 e. The van der Waals surface area contributed by atoms with E-state index < -0.39 is 0 Å². The van der Waals surface area contributed by atoms with E-state index in [0.29, 0.717) is 5.41 Å². The Morgan fingerprint density at radius 3 is 2.36 bits per heavy atom. The summed E-state index contributed by atoms with van der Waals surface area (Å²) < 4.78 is 5.57. The first-order valence-corrected chi connectivity index (χ1v) is 10.4. The minimum atomic E-state index is 0. The monoisotopic (exact) mass is 482 g/mol. The zero-order chi connectivity index (χ0) is 17.4. The molecule has 3 saturated heterocycles. The number of guanidine groups is 1. The molecule has 0 saturated carbocycles. The summed E-state index contributed by atoms with van der Waals surface area (Å²) in [4.78, 5) is 9.68. The number of aliphatic imine (C=N–C) groups is 1. The molecule has 5 nitrogen and oxygen atoms in total. The fraction of sp³-hybridized carbons (Fsp3) is 0.944. The van der Waals surface area contributed by atoms with E-state index in [0.717, 1.165) is 45.4 Å². The molecular formula is C18H35IN4OS. The van der Waals surface area contributed by atoms with Gasteiger partial charge in [-0.15, -0.1) is 24.0 Å². The molecule has 0 bridgehead atoms. The molecule has 3 heterocycles. The van der Waals surface area contributed by atoms with E-state index in [9.17, 15) is 0 Å². The van der Waals surface area contributed by atoms with Gasteiger partial charge in [0.05, 0.1) is 13.2 Å². The molecule has 3 rings (SSSR count). The van der Waals surface area contributed by atoms with Crippen molar-refractivity contribution in [2.75, 3.05) is 57.9 Å². The smallest absolute Gasteiger partial charge is 0.194 e. The highest BCUT2D eigenvalue weighted by Crippen LogP contribution is 2.46. The van der Waals surface area contributed by atoms with Gasteiger partial charge >= 0.3 is 0 Å². The third kappa shape index (κ3) is 3.94. The Morgan fingerprint density at radius 2 is 1.88 bits per heavy atom. The third-order valence-corrected chi connectivity index (χ3v) is 7.93. The molecule has 0 aromatic rings. The summed E-state index contributed by atoms with van der Waals surface area (Å²) >= 11 is 2.09. The summed E-state index contributed by atoms with van der Waals surface area (Å²) in [5, 5.41) is 3.72. The highest BCUT2D eigenvalue weighted by Gasteiger charge is 2.54. The lowest BCUT2D eigenvalue weighted by Crippen LogP contribution is -2.73. The molecule has 0 aliphatic carbocycles. The minimum absolute atomic E-state index is 0. The van der Waals surface area contributed by atoms with E-state index in [-0.39, 0.29) is 35.1 Å². The molecule has 0 spiro atoms. The second-order valence-electron chi connectivity index (χ2n) is 8.56. The van der Waals surface area contributed by atoms with Gasteiger partial charge in [0, 0.05) is 55.5 Å². The summed E-state index contributed by atoms with van der Waals surface area (Å²) in [6.07, 6.45) is 1.26. The van der Waals surface area contributed by atoms with E-state index in [2.05, 4.69) is 59.6 Å². The second-order valence-corrected chi connectivity index (χ2v) is 9.66. The number of hydrogen-bond donors (Lipinski definition) is 1. The number of nitrogens with one attached hydrogen (secondary N) is 1. The molecule has 1 N–H and O–H groups in total. The predicted octanol–water partition coefficient (Wildman–Crippen LogP) is 2.51. The Labute approximate surface area is 174 Å². The molecule has 146 valence electrons. The van der Waals surface area contributed by atoms with Crippen LogP contribution in [0.1, 0.15) is 34.1 Å². The van der Waals surface area contributed by atoms with Gasteiger partial charge in [0.1, 0.15) is 0 Å². The van der Waals surface area contributed by atoms with Crippen molar-refractivity contribution in [3.8, 4) is 0 Å². The van der Waals surface area contributed by atoms with Gasteiger partial charge in [0.25, 0.3) is 0 Å². The van der Waals surface area contributed by atoms with Gasteiger partial charge in [-0.25, -0.2) is 0 Å². The van der Waals surface area contributed by atoms with Gasteiger partial charge in [-0.05, 0) is 26.0 Å². The molecule has 3 aliphatic rings. The van der Waals surface area contributed by atoms with Crippen LogP contribution in [-0.4, -0.2) is 84.8 Å². The lowest BCUT2D eigenvalue weighted by molar-refractivity contribution is -0.0676. The van der Waals surface area contributed by atoms with Gasteiger partial charge in [0.15, 0.2) is 5.96 Å². The Bertz CT molecular complexity index is 485. The van der Waals surface area contributed by atoms with Crippen LogP contribution < -0.4 is 5.32 Å². The van der Waals surface area contributed by atoms with E-state index in [1.807, 2.05) is 7.05 Å². The van der Waals surface area contributed by atoms with Crippen LogP contribution in [0.15, 0.2) is 4.99 Å². The highest BCUT2D eigenvalue weighted by molar-refractivity contribution is 14.0. The molecule has 0 aromatic carbocycles. The predicted molar refractivity (Wildman–Crippen MR) is 118 cm³/mol. The number of hydrogen-bond acceptors (Lipinski definition) is 4. The highest BCUT2D eigenvalue weighted by atomic mass is 127. The van der Waals surface area contributed by atoms with Gasteiger partial charge in [-0.1, -0.05) is 13.8 Å². The average molecular weight is 482 g/mol. The topological polar surface area (TPSA) is 40.1 Å². The van der Waals surface area contributed by atoms with Crippen LogP contribution in [0, 0.1) is 5.41 Å². The summed E-state index contributed by atoms with van der Waals surface area (Å²) in [6, 6.07) is 0. The van der Waals surface area contributed by atoms with Crippen LogP contribution in [0.25, 0.3) is 0 Å². The molecule has 1 unspecified atom stereocenters. The molecule has 0 amide bonds. The Balaban J connectivity index is 0.00000225. The van der Waals surface area contributed by atoms with Crippen molar-refractivity contribution in [3.05, 3.63) is 0 Å². The minimum Gasteiger partial charge on any atom is -0.379 e. The van der Waals surface area contributed by atoms with Crippen molar-refractivity contribution >= 4 is 41.7 Å². The second kappa shape index (κ2) is 8.10. The Hall–Kier alpha value is 0.270. The Kier molecular flexibility index (Phi) is 6.99. The fourth-order valence-corrected chi connectivity index (χ4v) is 5.55. The Morgan fingerprint density at radius 1 is 1.20 bits per heavy atom. The standard InChI is InChI=1S/C18H34N4OS.HI/c1-16(2)13-22(17(16,3)4)15(19-5)20-12-18(6-11-24-14-18)21-7-9-23-10-8-21;/h6-14H2,1-5H3,(H,19,20);1H. The molecule has 0 radical (unpaired) electrons. The van der Waals surface area contributed by atoms with Crippen molar-refractivity contribution in [2.45, 2.75) is 45.2 Å². The van der Waals surface area contributed by atoms with Crippen LogP contribution >= 0.6 is 35.7 Å². The average Bonchev–Trinajstić information content (AvgIpc) is 3.05. The lowest BCUT2D eigenvalue weighted by Gasteiger charge is -2.62. The van der Waals surface area contributed by atoms with Crippen molar-refractivity contribution in [2.24, 2.45) is 10.4 Å². The first-order valence-electron chi connectivity index (χ1n) is 9.21. The number of rotatable bonds is 3. The first-order chi connectivity index (χ1) is 11.3. The summed E-state index contributed by atoms with van der Waals surface area (Å²) in [7, 11) is 1.91. The van der Waals surface area contributed by atoms with Crippen molar-refractivity contribution in [1.29, 1.82) is 0 Å². The van der Waals surface area contributed by atoms with Crippen molar-refractivity contribution in [3.63, 3.8) is 0 Å². The number of thioether (sulfide) groups is 1. The van der Waals surface area contributed by atoms with Gasteiger partial charge < -0.3 is 15.0 Å². The van der Waals surface area contributed by atoms with Crippen LogP contribution in [-0.2, 0) is 4.74 Å². The number of nitrogens with zero attached hydrogens (tertiary/aromatic N) is 3. The SMILES string of the molecule is CN=C(NCC1(N2CCOCC2)CCSC1)N1CC(C)(C)C1(C)C.I. The maximum atomic E-state index is 5.57. The number of morpholine rings is 1. The van der Waals surface area contributed by atoms with E-state index in [4.69, 9.17) is 4.74 Å². The van der Waals surface area contributed by atoms with Crippen LogP contribution in [0.4, 0.5) is 0 Å². The maximum absolute atomic E-state index is 5.57. The van der Waals surface area contributed by atoms with Crippen LogP contribution in [0.5, 0.6) is 0 Å². The van der Waals surface area contributed by atoms with Gasteiger partial charge in [-0.3, -0.25) is 9.89 Å². The molecule has 1 atom stereocenters. The number of ether oxygens (including phenoxy) is 1. The zero-order valence-electron chi connectivity index (χ0n) is 16.4. The van der Waals surface area contributed by atoms with Crippen LogP contribution in [0.2, 0.25) is 0 Å². The van der Waals surface area contributed by atoms with Crippen molar-refractivity contribution < 1.29 is 4.74 Å². The first kappa shape index (κ1) is 21.6. The molecule has 0 aromatic heterocycles. The van der Waals surface area contributed by atoms with E-state index >= 15 is 0 Å². The van der Waals surface area contributed by atoms with E-state index in [1.165, 1.54) is 17.9 Å². The van der Waals surface area contributed by atoms with Crippen LogP contribution in [0.3, 0.4) is 0 Å². The normalized spacial score (nSPS) is 32.0. The third-order valence-electron chi connectivity index (χ3n) is 6.69. The number of halogens is 1. The van der Waals surface area contributed by atoms with Gasteiger partial charge in [-0.2, -0.15) is 11.8 Å². The quantitative estimate of drug-likeness (QED) is 0.381. The zero-order valence-corrected chi connectivity index (χ0v) is 19.6. The fourth-order valence-electron chi connectivity index (χ4n) is 4.07. The largest absolute Gasteiger partial charge is 0.379 e. The lowest BCUT2D eigenvalue weighted by atomic mass is 9.65. The van der Waals surface area contributed by atoms with Gasteiger partial charge in [0.2, 0.25) is 0 Å². The summed E-state index contributed by atoms with van der Waals surface area (Å²) in [6.45, 7) is 15.3. The number of likely N-dealkylation sites (tertiary alicyclic amines) is 1. The summed E-state index contributed by atoms with van der Waals surface area (Å²) in [5.41, 5.74) is 0.732. The molecule has 3 fully saturated rings. The van der Waals surface area contributed by atoms with E-state index in [1.54, 1.807) is 0 Å².